The van der Waals surface area contributed by atoms with E-state index in [0.29, 0.717) is 0 Å². The fourth-order valence-electron chi connectivity index (χ4n) is 8.56. The summed E-state index contributed by atoms with van der Waals surface area (Å²) in [7, 11) is 0. The van der Waals surface area contributed by atoms with E-state index in [9.17, 15) is 0 Å². The molecule has 1 unspecified atom stereocenters. The molecule has 238 valence electrons. The summed E-state index contributed by atoms with van der Waals surface area (Å²) in [6, 6.07) is 66.3. The van der Waals surface area contributed by atoms with Crippen molar-refractivity contribution in [3.05, 3.63) is 199 Å². The van der Waals surface area contributed by atoms with Crippen LogP contribution in [0.15, 0.2) is 186 Å². The lowest BCUT2D eigenvalue weighted by atomic mass is 9.86. The van der Waals surface area contributed by atoms with Gasteiger partial charge in [0.1, 0.15) is 11.2 Å². The first-order valence-electron chi connectivity index (χ1n) is 17.6. The minimum absolute atomic E-state index is 0.134. The van der Waals surface area contributed by atoms with Crippen molar-refractivity contribution in [2.75, 3.05) is 0 Å². The van der Waals surface area contributed by atoms with Gasteiger partial charge in [0.05, 0.1) is 11.0 Å². The molecule has 2 heteroatoms. The number of aromatic nitrogens is 1. The molecule has 8 aromatic carbocycles. The van der Waals surface area contributed by atoms with Crippen LogP contribution in [-0.4, -0.2) is 4.57 Å². The number of hydrogen-bond donors (Lipinski definition) is 0. The van der Waals surface area contributed by atoms with E-state index in [2.05, 4.69) is 174 Å². The summed E-state index contributed by atoms with van der Waals surface area (Å²) < 4.78 is 8.64. The number of benzene rings is 8. The number of rotatable bonds is 4. The van der Waals surface area contributed by atoms with Crippen LogP contribution < -0.4 is 0 Å². The van der Waals surface area contributed by atoms with Gasteiger partial charge in [0.15, 0.2) is 0 Å². The smallest absolute Gasteiger partial charge is 0.136 e. The maximum atomic E-state index is 6.27. The lowest BCUT2D eigenvalue weighted by Gasteiger charge is -2.17. The molecule has 0 bridgehead atoms. The van der Waals surface area contributed by atoms with E-state index in [1.807, 2.05) is 12.1 Å². The van der Waals surface area contributed by atoms with Crippen molar-refractivity contribution in [3.63, 3.8) is 0 Å². The van der Waals surface area contributed by atoms with E-state index in [-0.39, 0.29) is 5.92 Å². The normalized spacial score (nSPS) is 13.7. The molecule has 2 aromatic heterocycles. The molecule has 0 amide bonds. The Balaban J connectivity index is 1.04. The average Bonchev–Trinajstić information content (AvgIpc) is 3.85. The largest absolute Gasteiger partial charge is 0.456 e. The van der Waals surface area contributed by atoms with Crippen LogP contribution in [0.5, 0.6) is 0 Å². The van der Waals surface area contributed by atoms with Crippen molar-refractivity contribution >= 4 is 43.7 Å². The van der Waals surface area contributed by atoms with Gasteiger partial charge >= 0.3 is 0 Å². The van der Waals surface area contributed by atoms with Crippen molar-refractivity contribution in [1.82, 2.24) is 4.57 Å². The monoisotopic (exact) mass is 649 g/mol. The minimum Gasteiger partial charge on any atom is -0.456 e. The first-order chi connectivity index (χ1) is 25.3. The quantitative estimate of drug-likeness (QED) is 0.186. The van der Waals surface area contributed by atoms with Crippen molar-refractivity contribution in [2.24, 2.45) is 0 Å². The maximum Gasteiger partial charge on any atom is 0.136 e. The molecule has 2 nitrogen and oxygen atoms in total. The fraction of sp³-hybridized carbons (Fsp3) is 0.0204. The van der Waals surface area contributed by atoms with Gasteiger partial charge in [-0.2, -0.15) is 0 Å². The third-order valence-corrected chi connectivity index (χ3v) is 10.9. The molecular formula is C49H31NO. The van der Waals surface area contributed by atoms with Crippen LogP contribution >= 0.6 is 0 Å². The maximum absolute atomic E-state index is 6.27. The van der Waals surface area contributed by atoms with E-state index in [1.54, 1.807) is 0 Å². The molecule has 2 heterocycles. The predicted molar refractivity (Wildman–Crippen MR) is 212 cm³/mol. The Kier molecular flexibility index (Phi) is 6.05. The molecule has 1 aliphatic carbocycles. The van der Waals surface area contributed by atoms with Gasteiger partial charge in [0.25, 0.3) is 0 Å². The molecule has 0 radical (unpaired) electrons. The van der Waals surface area contributed by atoms with Crippen LogP contribution in [0, 0.1) is 0 Å². The Hall–Kier alpha value is -6.64. The van der Waals surface area contributed by atoms with E-state index < -0.39 is 0 Å². The first-order valence-corrected chi connectivity index (χ1v) is 17.6. The number of para-hydroxylation sites is 3. The summed E-state index contributed by atoms with van der Waals surface area (Å²) in [5.74, 6) is 0.134. The Morgan fingerprint density at radius 1 is 0.373 bits per heavy atom. The summed E-state index contributed by atoms with van der Waals surface area (Å²) in [6.45, 7) is 0. The van der Waals surface area contributed by atoms with Gasteiger partial charge in [0, 0.05) is 33.2 Å². The van der Waals surface area contributed by atoms with E-state index >= 15 is 0 Å². The molecule has 51 heavy (non-hydrogen) atoms. The van der Waals surface area contributed by atoms with Crippen molar-refractivity contribution < 1.29 is 4.42 Å². The van der Waals surface area contributed by atoms with Gasteiger partial charge < -0.3 is 8.98 Å². The highest BCUT2D eigenvalue weighted by Crippen LogP contribution is 2.50. The molecule has 11 rings (SSSR count). The Morgan fingerprint density at radius 2 is 1.04 bits per heavy atom. The zero-order valence-corrected chi connectivity index (χ0v) is 27.8. The van der Waals surface area contributed by atoms with E-state index in [1.165, 1.54) is 72.0 Å². The summed E-state index contributed by atoms with van der Waals surface area (Å²) in [6.07, 6.45) is 0. The standard InChI is InChI=1S/C49H31NO/c1-2-13-36(14-3-1)50-45-19-8-6-16-39(45)43-28-33(23-26-46(43)50)32-21-24-38-37-15-4-5-18-42(37)49(44(38)29-32)35-12-10-11-31(27-35)34-22-25-41-40-17-7-9-20-47(40)51-48(41)30-34/h1-30,49H. The van der Waals surface area contributed by atoms with Gasteiger partial charge in [-0.05, 0) is 105 Å². The zero-order valence-electron chi connectivity index (χ0n) is 27.8. The second-order valence-corrected chi connectivity index (χ2v) is 13.7. The molecule has 0 aliphatic heterocycles. The van der Waals surface area contributed by atoms with Crippen LogP contribution in [0.1, 0.15) is 22.6 Å². The summed E-state index contributed by atoms with van der Waals surface area (Å²) in [4.78, 5) is 0. The van der Waals surface area contributed by atoms with Crippen LogP contribution in [-0.2, 0) is 0 Å². The fourth-order valence-corrected chi connectivity index (χ4v) is 8.56. The topological polar surface area (TPSA) is 18.1 Å². The van der Waals surface area contributed by atoms with Crippen molar-refractivity contribution in [3.8, 4) is 39.1 Å². The highest BCUT2D eigenvalue weighted by atomic mass is 16.3. The van der Waals surface area contributed by atoms with E-state index in [4.69, 9.17) is 4.42 Å². The summed E-state index contributed by atoms with van der Waals surface area (Å²) >= 11 is 0. The van der Waals surface area contributed by atoms with Gasteiger partial charge in [-0.3, -0.25) is 0 Å². The van der Waals surface area contributed by atoms with Gasteiger partial charge in [-0.15, -0.1) is 0 Å². The second-order valence-electron chi connectivity index (χ2n) is 13.7. The van der Waals surface area contributed by atoms with Gasteiger partial charge in [0.2, 0.25) is 0 Å². The second kappa shape index (κ2) is 10.9. The summed E-state index contributed by atoms with van der Waals surface area (Å²) in [5, 5.41) is 4.84. The Morgan fingerprint density at radius 3 is 1.98 bits per heavy atom. The molecule has 0 spiro atoms. The first kappa shape index (κ1) is 28.2. The number of furan rings is 1. The lowest BCUT2D eigenvalue weighted by molar-refractivity contribution is 0.669. The highest BCUT2D eigenvalue weighted by molar-refractivity contribution is 6.10. The van der Waals surface area contributed by atoms with Crippen LogP contribution in [0.3, 0.4) is 0 Å². The third-order valence-electron chi connectivity index (χ3n) is 10.9. The molecule has 1 aliphatic rings. The number of hydrogen-bond acceptors (Lipinski definition) is 1. The zero-order chi connectivity index (χ0) is 33.5. The van der Waals surface area contributed by atoms with Crippen molar-refractivity contribution in [1.29, 1.82) is 0 Å². The summed E-state index contributed by atoms with van der Waals surface area (Å²) in [5.41, 5.74) is 16.9. The van der Waals surface area contributed by atoms with Crippen LogP contribution in [0.2, 0.25) is 0 Å². The van der Waals surface area contributed by atoms with E-state index in [0.717, 1.165) is 27.5 Å². The lowest BCUT2D eigenvalue weighted by Crippen LogP contribution is -2.00. The molecule has 0 N–H and O–H groups in total. The molecule has 0 fully saturated rings. The van der Waals surface area contributed by atoms with Crippen molar-refractivity contribution in [2.45, 2.75) is 5.92 Å². The number of nitrogens with zero attached hydrogens (tertiary/aromatic N) is 1. The Labute approximate surface area is 295 Å². The number of fused-ring (bicyclic) bond motifs is 9. The van der Waals surface area contributed by atoms with Gasteiger partial charge in [-0.1, -0.05) is 127 Å². The molecular weight excluding hydrogens is 619 g/mol. The van der Waals surface area contributed by atoms with Crippen LogP contribution in [0.4, 0.5) is 0 Å². The predicted octanol–water partition coefficient (Wildman–Crippen LogP) is 13.2. The molecule has 1 atom stereocenters. The SMILES string of the molecule is c1ccc(-n2c3ccccc3c3cc(-c4ccc5c(c4)C(c4cccc(-c6ccc7c(c6)oc6ccccc67)c4)c4ccccc4-5)ccc32)cc1. The van der Waals surface area contributed by atoms with Crippen LogP contribution in [0.25, 0.3) is 82.8 Å². The molecule has 0 saturated heterocycles. The minimum atomic E-state index is 0.134. The average molecular weight is 650 g/mol. The third kappa shape index (κ3) is 4.30. The Bertz CT molecular complexity index is 2980. The van der Waals surface area contributed by atoms with Gasteiger partial charge in [-0.25, -0.2) is 0 Å². The molecule has 10 aromatic rings. The molecule has 0 saturated carbocycles. The highest BCUT2D eigenvalue weighted by Gasteiger charge is 2.30.